The van der Waals surface area contributed by atoms with Crippen molar-refractivity contribution in [1.29, 1.82) is 0 Å². The summed E-state index contributed by atoms with van der Waals surface area (Å²) in [6, 6.07) is 5.58. The molecule has 1 heterocycles. The number of ether oxygens (including phenoxy) is 2. The second-order valence-electron chi connectivity index (χ2n) is 6.36. The van der Waals surface area contributed by atoms with Crippen molar-refractivity contribution in [2.45, 2.75) is 37.5 Å². The van der Waals surface area contributed by atoms with Gasteiger partial charge >= 0.3 is 5.97 Å². The molecule has 1 aliphatic rings. The van der Waals surface area contributed by atoms with Gasteiger partial charge in [0.05, 0.1) is 24.8 Å². The van der Waals surface area contributed by atoms with Crippen LogP contribution < -0.4 is 4.74 Å². The van der Waals surface area contributed by atoms with Crippen LogP contribution in [0.4, 0.5) is 0 Å². The van der Waals surface area contributed by atoms with E-state index in [-0.39, 0.29) is 13.2 Å². The number of benzene rings is 1. The van der Waals surface area contributed by atoms with Crippen LogP contribution in [-0.4, -0.2) is 93.3 Å². The highest BCUT2D eigenvalue weighted by Crippen LogP contribution is 2.23. The van der Waals surface area contributed by atoms with Gasteiger partial charge in [0, 0.05) is 6.54 Å². The lowest BCUT2D eigenvalue weighted by Gasteiger charge is -2.46. The van der Waals surface area contributed by atoms with E-state index in [1.165, 1.54) is 4.90 Å². The highest BCUT2D eigenvalue weighted by molar-refractivity contribution is 5.89. The van der Waals surface area contributed by atoms with Crippen LogP contribution in [-0.2, 0) is 4.74 Å². The van der Waals surface area contributed by atoms with Crippen LogP contribution in [0.3, 0.4) is 0 Å². The molecule has 2 rings (SSSR count). The molecular formula is C19H27NO8. The molecule has 1 fully saturated rings. The molecule has 0 bridgehead atoms. The minimum Gasteiger partial charge on any atom is -0.490 e. The van der Waals surface area contributed by atoms with E-state index in [2.05, 4.69) is 0 Å². The van der Waals surface area contributed by atoms with Gasteiger partial charge in [-0.25, -0.2) is 4.79 Å². The molecule has 9 heteroatoms. The first-order valence-corrected chi connectivity index (χ1v) is 9.04. The first-order chi connectivity index (χ1) is 13.4. The minimum atomic E-state index is -1.54. The highest BCUT2D eigenvalue weighted by Gasteiger charge is 2.46. The Morgan fingerprint density at radius 1 is 1.07 bits per heavy atom. The number of esters is 1. The molecule has 5 N–H and O–H groups in total. The van der Waals surface area contributed by atoms with Gasteiger partial charge in [0.15, 0.2) is 0 Å². The van der Waals surface area contributed by atoms with E-state index < -0.39 is 43.2 Å². The SMILES string of the molecule is CCOC(=O)c1ccc(OC/C=C/CN2C(O)[C@H](O)[C@@H](O)[C@H](O)[C@H]2CO)cc1. The summed E-state index contributed by atoms with van der Waals surface area (Å²) in [4.78, 5) is 12.9. The Morgan fingerprint density at radius 2 is 1.75 bits per heavy atom. The Labute approximate surface area is 163 Å². The number of aliphatic hydroxyl groups is 5. The van der Waals surface area contributed by atoms with Gasteiger partial charge in [-0.15, -0.1) is 0 Å². The van der Waals surface area contributed by atoms with Crippen LogP contribution in [0.15, 0.2) is 36.4 Å². The lowest BCUT2D eigenvalue weighted by Crippen LogP contribution is -2.67. The Hall–Kier alpha value is -2.01. The van der Waals surface area contributed by atoms with Crippen LogP contribution in [0, 0.1) is 0 Å². The molecule has 1 unspecified atom stereocenters. The van der Waals surface area contributed by atoms with Crippen LogP contribution in [0.2, 0.25) is 0 Å². The molecule has 0 radical (unpaired) electrons. The van der Waals surface area contributed by atoms with Gasteiger partial charge in [0.2, 0.25) is 0 Å². The fraction of sp³-hybridized carbons (Fsp3) is 0.526. The average Bonchev–Trinajstić information content (AvgIpc) is 2.70. The molecule has 0 aromatic heterocycles. The summed E-state index contributed by atoms with van der Waals surface area (Å²) in [7, 11) is 0. The molecule has 0 saturated carbocycles. The third kappa shape index (κ3) is 5.28. The van der Waals surface area contributed by atoms with E-state index in [1.807, 2.05) is 0 Å². The maximum Gasteiger partial charge on any atom is 0.338 e. The molecular weight excluding hydrogens is 370 g/mol. The normalized spacial score (nSPS) is 28.4. The van der Waals surface area contributed by atoms with Crippen molar-refractivity contribution >= 4 is 5.97 Å². The standard InChI is InChI=1S/C19H27NO8/c1-2-27-19(26)12-5-7-13(8-6-12)28-10-4-3-9-20-14(11-21)15(22)16(23)17(24)18(20)25/h3-8,14-18,21-25H,2,9-11H2,1H3/b4-3+/t14-,15-,16+,17-,18?/m1/s1. The van der Waals surface area contributed by atoms with Gasteiger partial charge in [-0.1, -0.05) is 12.2 Å². The van der Waals surface area contributed by atoms with E-state index in [4.69, 9.17) is 9.47 Å². The van der Waals surface area contributed by atoms with Crippen molar-refractivity contribution in [3.05, 3.63) is 42.0 Å². The lowest BCUT2D eigenvalue weighted by molar-refractivity contribution is -0.219. The summed E-state index contributed by atoms with van der Waals surface area (Å²) in [6.07, 6.45) is -2.56. The Morgan fingerprint density at radius 3 is 2.36 bits per heavy atom. The predicted octanol–water partition coefficient (Wildman–Crippen LogP) is -1.12. The Balaban J connectivity index is 1.85. The van der Waals surface area contributed by atoms with E-state index in [0.717, 1.165) is 0 Å². The first kappa shape index (κ1) is 22.3. The zero-order chi connectivity index (χ0) is 20.7. The van der Waals surface area contributed by atoms with Crippen molar-refractivity contribution in [2.24, 2.45) is 0 Å². The summed E-state index contributed by atoms with van der Waals surface area (Å²) < 4.78 is 10.4. The van der Waals surface area contributed by atoms with Crippen LogP contribution in [0.5, 0.6) is 5.75 Å². The third-order valence-electron chi connectivity index (χ3n) is 4.55. The van der Waals surface area contributed by atoms with Crippen LogP contribution >= 0.6 is 0 Å². The van der Waals surface area contributed by atoms with Crippen molar-refractivity contribution in [3.63, 3.8) is 0 Å². The van der Waals surface area contributed by atoms with Gasteiger partial charge in [-0.3, -0.25) is 4.90 Å². The monoisotopic (exact) mass is 397 g/mol. The number of hydrogen-bond donors (Lipinski definition) is 5. The van der Waals surface area contributed by atoms with Crippen molar-refractivity contribution in [1.82, 2.24) is 4.90 Å². The largest absolute Gasteiger partial charge is 0.490 e. The topological polar surface area (TPSA) is 140 Å². The zero-order valence-corrected chi connectivity index (χ0v) is 15.6. The first-order valence-electron chi connectivity index (χ1n) is 9.04. The second kappa shape index (κ2) is 10.5. The number of hydrogen-bond acceptors (Lipinski definition) is 9. The molecule has 28 heavy (non-hydrogen) atoms. The summed E-state index contributed by atoms with van der Waals surface area (Å²) in [5.74, 6) is 0.153. The summed E-state index contributed by atoms with van der Waals surface area (Å²) in [5, 5.41) is 48.9. The fourth-order valence-electron chi connectivity index (χ4n) is 2.96. The summed E-state index contributed by atoms with van der Waals surface area (Å²) in [5.41, 5.74) is 0.429. The molecule has 5 atom stereocenters. The van der Waals surface area contributed by atoms with Crippen LogP contribution in [0.25, 0.3) is 0 Å². The van der Waals surface area contributed by atoms with Crippen molar-refractivity contribution in [2.75, 3.05) is 26.4 Å². The zero-order valence-electron chi connectivity index (χ0n) is 15.6. The van der Waals surface area contributed by atoms with Gasteiger partial charge in [-0.05, 0) is 31.2 Å². The maximum absolute atomic E-state index is 11.6. The molecule has 1 aliphatic heterocycles. The number of rotatable bonds is 8. The average molecular weight is 397 g/mol. The summed E-state index contributed by atoms with van der Waals surface area (Å²) >= 11 is 0. The summed E-state index contributed by atoms with van der Waals surface area (Å²) in [6.45, 7) is 1.88. The smallest absolute Gasteiger partial charge is 0.338 e. The van der Waals surface area contributed by atoms with Gasteiger partial charge in [0.1, 0.15) is 36.9 Å². The molecule has 1 saturated heterocycles. The number of carbonyl (C=O) groups is 1. The maximum atomic E-state index is 11.6. The van der Waals surface area contributed by atoms with Crippen molar-refractivity contribution < 1.29 is 39.8 Å². The van der Waals surface area contributed by atoms with E-state index >= 15 is 0 Å². The van der Waals surface area contributed by atoms with Gasteiger partial charge in [0.25, 0.3) is 0 Å². The number of likely N-dealkylation sites (tertiary alicyclic amines) is 1. The number of aliphatic hydroxyl groups excluding tert-OH is 5. The van der Waals surface area contributed by atoms with E-state index in [9.17, 15) is 30.3 Å². The second-order valence-corrected chi connectivity index (χ2v) is 6.36. The molecule has 9 nitrogen and oxygen atoms in total. The van der Waals surface area contributed by atoms with Crippen molar-refractivity contribution in [3.8, 4) is 5.75 Å². The predicted molar refractivity (Wildman–Crippen MR) is 98.6 cm³/mol. The molecule has 1 aromatic carbocycles. The third-order valence-corrected chi connectivity index (χ3v) is 4.55. The number of carbonyl (C=O) groups excluding carboxylic acids is 1. The Kier molecular flexibility index (Phi) is 8.36. The highest BCUT2D eigenvalue weighted by atomic mass is 16.5. The minimum absolute atomic E-state index is 0.123. The molecule has 1 aromatic rings. The lowest BCUT2D eigenvalue weighted by atomic mass is 9.93. The van der Waals surface area contributed by atoms with E-state index in [0.29, 0.717) is 17.9 Å². The molecule has 0 spiro atoms. The Bertz CT molecular complexity index is 650. The molecule has 0 aliphatic carbocycles. The van der Waals surface area contributed by atoms with E-state index in [1.54, 1.807) is 43.3 Å². The number of piperidine rings is 1. The molecule has 156 valence electrons. The number of nitrogens with zero attached hydrogens (tertiary/aromatic N) is 1. The van der Waals surface area contributed by atoms with Gasteiger partial charge in [-0.2, -0.15) is 0 Å². The van der Waals surface area contributed by atoms with Gasteiger partial charge < -0.3 is 35.0 Å². The quantitative estimate of drug-likeness (QED) is 0.272. The molecule has 0 amide bonds. The fourth-order valence-corrected chi connectivity index (χ4v) is 2.96. The van der Waals surface area contributed by atoms with Crippen LogP contribution in [0.1, 0.15) is 17.3 Å².